The van der Waals surface area contributed by atoms with Gasteiger partial charge in [0, 0.05) is 18.8 Å². The Labute approximate surface area is 157 Å². The molecule has 9 heteroatoms. The topological polar surface area (TPSA) is 105 Å². The van der Waals surface area contributed by atoms with Crippen molar-refractivity contribution in [1.29, 1.82) is 0 Å². The number of amides is 1. The summed E-state index contributed by atoms with van der Waals surface area (Å²) in [5.41, 5.74) is 0.363. The van der Waals surface area contributed by atoms with Crippen LogP contribution in [0, 0.1) is 0 Å². The van der Waals surface area contributed by atoms with Gasteiger partial charge in [-0.25, -0.2) is 8.42 Å². The van der Waals surface area contributed by atoms with Crippen molar-refractivity contribution in [2.45, 2.75) is 4.90 Å². The van der Waals surface area contributed by atoms with E-state index in [-0.39, 0.29) is 40.7 Å². The molecule has 1 fully saturated rings. The number of hydrogen-bond donors (Lipinski definition) is 2. The van der Waals surface area contributed by atoms with Gasteiger partial charge in [0.05, 0.1) is 25.9 Å². The first kappa shape index (κ1) is 19.2. The van der Waals surface area contributed by atoms with E-state index in [2.05, 4.69) is 5.32 Å². The molecule has 1 aliphatic rings. The molecule has 144 valence electrons. The summed E-state index contributed by atoms with van der Waals surface area (Å²) in [6, 6.07) is 10.5. The van der Waals surface area contributed by atoms with Crippen molar-refractivity contribution in [2.75, 3.05) is 38.7 Å². The number of phenolic OH excluding ortho intramolecular Hbond substituents is 1. The Kier molecular flexibility index (Phi) is 5.64. The first-order valence-corrected chi connectivity index (χ1v) is 9.73. The molecule has 1 amide bonds. The number of para-hydroxylation sites is 1. The lowest BCUT2D eigenvalue weighted by Crippen LogP contribution is -2.40. The highest BCUT2D eigenvalue weighted by Crippen LogP contribution is 2.30. The first-order valence-electron chi connectivity index (χ1n) is 8.29. The Balaban J connectivity index is 1.92. The maximum absolute atomic E-state index is 13.0. The fourth-order valence-electron chi connectivity index (χ4n) is 2.75. The molecule has 2 N–H and O–H groups in total. The van der Waals surface area contributed by atoms with Crippen molar-refractivity contribution in [1.82, 2.24) is 4.31 Å². The number of nitrogens with one attached hydrogen (secondary N) is 1. The van der Waals surface area contributed by atoms with Crippen molar-refractivity contribution in [3.63, 3.8) is 0 Å². The normalized spacial score (nSPS) is 15.3. The van der Waals surface area contributed by atoms with Crippen molar-refractivity contribution in [3.8, 4) is 11.5 Å². The highest BCUT2D eigenvalue weighted by atomic mass is 32.2. The number of ether oxygens (including phenoxy) is 2. The summed E-state index contributed by atoms with van der Waals surface area (Å²) in [6.45, 7) is 1.15. The molecule has 3 rings (SSSR count). The summed E-state index contributed by atoms with van der Waals surface area (Å²) in [7, 11) is -2.43. The van der Waals surface area contributed by atoms with Gasteiger partial charge in [-0.05, 0) is 30.3 Å². The Bertz CT molecular complexity index is 939. The molecule has 1 aliphatic heterocycles. The summed E-state index contributed by atoms with van der Waals surface area (Å²) in [5.74, 6) is -0.528. The van der Waals surface area contributed by atoms with Gasteiger partial charge in [-0.3, -0.25) is 4.79 Å². The van der Waals surface area contributed by atoms with Gasteiger partial charge in [0.15, 0.2) is 0 Å². The largest absolute Gasteiger partial charge is 0.507 e. The summed E-state index contributed by atoms with van der Waals surface area (Å²) in [4.78, 5) is 12.3. The average molecular weight is 392 g/mol. The van der Waals surface area contributed by atoms with Crippen LogP contribution in [0.2, 0.25) is 0 Å². The van der Waals surface area contributed by atoms with E-state index < -0.39 is 15.9 Å². The molecule has 0 spiro atoms. The van der Waals surface area contributed by atoms with Gasteiger partial charge in [0.2, 0.25) is 10.0 Å². The fourth-order valence-corrected chi connectivity index (χ4v) is 4.34. The van der Waals surface area contributed by atoms with Crippen molar-refractivity contribution >= 4 is 21.6 Å². The Morgan fingerprint density at radius 1 is 1.19 bits per heavy atom. The minimum absolute atomic E-state index is 0.0398. The predicted octanol–water partition coefficient (Wildman–Crippen LogP) is 1.67. The van der Waals surface area contributed by atoms with Crippen LogP contribution in [0.1, 0.15) is 10.4 Å². The number of methoxy groups -OCH3 is 1. The summed E-state index contributed by atoms with van der Waals surface area (Å²) >= 11 is 0. The van der Waals surface area contributed by atoms with Crippen LogP contribution in [0.5, 0.6) is 11.5 Å². The van der Waals surface area contributed by atoms with E-state index in [0.29, 0.717) is 13.2 Å². The Morgan fingerprint density at radius 2 is 1.89 bits per heavy atom. The van der Waals surface area contributed by atoms with E-state index in [0.717, 1.165) is 0 Å². The molecule has 0 atom stereocenters. The zero-order chi connectivity index (χ0) is 19.4. The van der Waals surface area contributed by atoms with Gasteiger partial charge >= 0.3 is 0 Å². The lowest BCUT2D eigenvalue weighted by Gasteiger charge is -2.26. The van der Waals surface area contributed by atoms with Gasteiger partial charge in [0.25, 0.3) is 5.91 Å². The molecule has 0 saturated carbocycles. The number of hydrogen-bond acceptors (Lipinski definition) is 6. The standard InChI is InChI=1S/C18H20N2O6S/c1-25-16-7-6-13(19-18(22)14-4-2-3-5-15(14)21)12-17(16)27(23,24)20-8-10-26-11-9-20/h2-7,12,21H,8-11H2,1H3,(H,19,22). The number of anilines is 1. The third-order valence-corrected chi connectivity index (χ3v) is 6.08. The van der Waals surface area contributed by atoms with E-state index in [1.54, 1.807) is 12.1 Å². The van der Waals surface area contributed by atoms with E-state index >= 15 is 0 Å². The number of carbonyl (C=O) groups is 1. The predicted molar refractivity (Wildman–Crippen MR) is 98.6 cm³/mol. The molecule has 2 aromatic rings. The number of carbonyl (C=O) groups excluding carboxylic acids is 1. The van der Waals surface area contributed by atoms with Gasteiger partial charge < -0.3 is 19.9 Å². The van der Waals surface area contributed by atoms with Crippen LogP contribution in [0.3, 0.4) is 0 Å². The molecule has 0 aliphatic carbocycles. The second kappa shape index (κ2) is 7.95. The molecular formula is C18H20N2O6S. The third kappa shape index (κ3) is 4.05. The van der Waals surface area contributed by atoms with Crippen LogP contribution in [-0.2, 0) is 14.8 Å². The zero-order valence-electron chi connectivity index (χ0n) is 14.7. The number of nitrogens with zero attached hydrogens (tertiary/aromatic N) is 1. The molecule has 0 radical (unpaired) electrons. The highest BCUT2D eigenvalue weighted by molar-refractivity contribution is 7.89. The van der Waals surface area contributed by atoms with Crippen LogP contribution in [-0.4, -0.2) is 57.1 Å². The molecule has 8 nitrogen and oxygen atoms in total. The first-order chi connectivity index (χ1) is 12.9. The van der Waals surface area contributed by atoms with Crippen LogP contribution in [0.25, 0.3) is 0 Å². The Morgan fingerprint density at radius 3 is 2.56 bits per heavy atom. The smallest absolute Gasteiger partial charge is 0.259 e. The molecular weight excluding hydrogens is 372 g/mol. The number of aromatic hydroxyl groups is 1. The molecule has 1 saturated heterocycles. The number of phenols is 1. The molecule has 1 heterocycles. The summed E-state index contributed by atoms with van der Waals surface area (Å²) in [6.07, 6.45) is 0. The van der Waals surface area contributed by atoms with Crippen molar-refractivity contribution in [3.05, 3.63) is 48.0 Å². The number of morpholine rings is 1. The van der Waals surface area contributed by atoms with Gasteiger partial charge in [-0.1, -0.05) is 12.1 Å². The number of rotatable bonds is 5. The van der Waals surface area contributed by atoms with E-state index in [4.69, 9.17) is 9.47 Å². The average Bonchev–Trinajstić information content (AvgIpc) is 2.69. The van der Waals surface area contributed by atoms with Crippen LogP contribution < -0.4 is 10.1 Å². The third-order valence-electron chi connectivity index (χ3n) is 4.16. The molecule has 0 aromatic heterocycles. The fraction of sp³-hybridized carbons (Fsp3) is 0.278. The molecule has 0 unspecified atom stereocenters. The van der Waals surface area contributed by atoms with Crippen molar-refractivity contribution in [2.24, 2.45) is 0 Å². The minimum Gasteiger partial charge on any atom is -0.507 e. The zero-order valence-corrected chi connectivity index (χ0v) is 15.5. The molecule has 0 bridgehead atoms. The van der Waals surface area contributed by atoms with Crippen LogP contribution in [0.4, 0.5) is 5.69 Å². The van der Waals surface area contributed by atoms with Crippen molar-refractivity contribution < 1.29 is 27.8 Å². The lowest BCUT2D eigenvalue weighted by molar-refractivity contribution is 0.0729. The number of sulfonamides is 1. The minimum atomic E-state index is -3.81. The number of benzene rings is 2. The second-order valence-electron chi connectivity index (χ2n) is 5.85. The summed E-state index contributed by atoms with van der Waals surface area (Å²) in [5, 5.41) is 12.4. The molecule has 2 aromatic carbocycles. The lowest BCUT2D eigenvalue weighted by atomic mass is 10.2. The summed E-state index contributed by atoms with van der Waals surface area (Å²) < 4.78 is 37.7. The van der Waals surface area contributed by atoms with E-state index in [9.17, 15) is 18.3 Å². The van der Waals surface area contributed by atoms with Crippen LogP contribution in [0.15, 0.2) is 47.4 Å². The van der Waals surface area contributed by atoms with Crippen LogP contribution >= 0.6 is 0 Å². The van der Waals surface area contributed by atoms with Gasteiger partial charge in [-0.2, -0.15) is 4.31 Å². The van der Waals surface area contributed by atoms with Gasteiger partial charge in [-0.15, -0.1) is 0 Å². The SMILES string of the molecule is COc1ccc(NC(=O)c2ccccc2O)cc1S(=O)(=O)N1CCOCC1. The highest BCUT2D eigenvalue weighted by Gasteiger charge is 2.29. The Hall–Kier alpha value is -2.62. The molecule has 27 heavy (non-hydrogen) atoms. The monoisotopic (exact) mass is 392 g/mol. The maximum atomic E-state index is 13.0. The van der Waals surface area contributed by atoms with Gasteiger partial charge in [0.1, 0.15) is 16.4 Å². The second-order valence-corrected chi connectivity index (χ2v) is 7.76. The quantitative estimate of drug-likeness (QED) is 0.802. The van der Waals surface area contributed by atoms with E-state index in [1.165, 1.54) is 41.7 Å². The maximum Gasteiger partial charge on any atom is 0.259 e. The van der Waals surface area contributed by atoms with E-state index in [1.807, 2.05) is 0 Å².